The number of nitrogens with zero attached hydrogens (tertiary/aromatic N) is 2. The van der Waals surface area contributed by atoms with Crippen LogP contribution in [-0.4, -0.2) is 37.0 Å². The van der Waals surface area contributed by atoms with Crippen LogP contribution in [0.25, 0.3) is 0 Å². The average Bonchev–Trinajstić information content (AvgIpc) is 2.86. The minimum atomic E-state index is -0.567. The minimum absolute atomic E-state index is 0.137. The van der Waals surface area contributed by atoms with Crippen LogP contribution in [0.15, 0.2) is 24.3 Å². The summed E-state index contributed by atoms with van der Waals surface area (Å²) in [6.45, 7) is 2.55. The number of para-hydroxylation sites is 2. The zero-order valence-electron chi connectivity index (χ0n) is 10.6. The molecule has 2 heterocycles. The van der Waals surface area contributed by atoms with Gasteiger partial charge in [0.15, 0.2) is 5.79 Å². The summed E-state index contributed by atoms with van der Waals surface area (Å²) < 4.78 is 11.4. The maximum Gasteiger partial charge on any atom is 0.292 e. The average molecular weight is 264 g/mol. The summed E-state index contributed by atoms with van der Waals surface area (Å²) in [5.41, 5.74) is 0.781. The van der Waals surface area contributed by atoms with Crippen LogP contribution in [0.5, 0.6) is 0 Å². The van der Waals surface area contributed by atoms with Gasteiger partial charge in [-0.05, 0) is 12.5 Å². The molecule has 0 unspecified atom stereocenters. The van der Waals surface area contributed by atoms with Gasteiger partial charge in [-0.15, -0.1) is 0 Å². The SMILES string of the molecule is O=[N+]([O-])c1ccccc1N1CCCC2(C1)OCCO2. The molecule has 6 heteroatoms. The lowest BCUT2D eigenvalue weighted by atomic mass is 10.0. The number of hydrogen-bond donors (Lipinski definition) is 0. The number of nitro groups is 1. The summed E-state index contributed by atoms with van der Waals surface area (Å²) in [6, 6.07) is 6.82. The first-order valence-electron chi connectivity index (χ1n) is 6.46. The van der Waals surface area contributed by atoms with Gasteiger partial charge in [-0.1, -0.05) is 12.1 Å². The van der Waals surface area contributed by atoms with E-state index in [9.17, 15) is 10.1 Å². The molecule has 1 aromatic rings. The van der Waals surface area contributed by atoms with Crippen LogP contribution < -0.4 is 4.90 Å². The van der Waals surface area contributed by atoms with Gasteiger partial charge in [0, 0.05) is 19.0 Å². The monoisotopic (exact) mass is 264 g/mol. The van der Waals surface area contributed by atoms with Crippen molar-refractivity contribution in [3.05, 3.63) is 34.4 Å². The molecule has 0 aliphatic carbocycles. The fourth-order valence-corrected chi connectivity index (χ4v) is 2.81. The zero-order chi connectivity index (χ0) is 13.3. The zero-order valence-corrected chi connectivity index (χ0v) is 10.6. The van der Waals surface area contributed by atoms with Crippen molar-refractivity contribution in [2.45, 2.75) is 18.6 Å². The molecule has 0 bridgehead atoms. The normalized spacial score (nSPS) is 21.8. The molecule has 3 rings (SSSR count). The lowest BCUT2D eigenvalue weighted by Crippen LogP contribution is -2.49. The molecule has 1 aromatic carbocycles. The summed E-state index contributed by atoms with van der Waals surface area (Å²) in [4.78, 5) is 12.7. The summed E-state index contributed by atoms with van der Waals surface area (Å²) in [7, 11) is 0. The van der Waals surface area contributed by atoms with E-state index in [2.05, 4.69) is 0 Å². The lowest BCUT2D eigenvalue weighted by molar-refractivity contribution is -0.384. The molecule has 2 aliphatic rings. The van der Waals surface area contributed by atoms with E-state index in [0.29, 0.717) is 25.4 Å². The van der Waals surface area contributed by atoms with Crippen LogP contribution in [-0.2, 0) is 9.47 Å². The van der Waals surface area contributed by atoms with Crippen LogP contribution >= 0.6 is 0 Å². The molecule has 0 N–H and O–H groups in total. The largest absolute Gasteiger partial charge is 0.361 e. The van der Waals surface area contributed by atoms with E-state index in [4.69, 9.17) is 9.47 Å². The van der Waals surface area contributed by atoms with E-state index in [1.54, 1.807) is 12.1 Å². The van der Waals surface area contributed by atoms with E-state index >= 15 is 0 Å². The molecular weight excluding hydrogens is 248 g/mol. The van der Waals surface area contributed by atoms with Crippen molar-refractivity contribution >= 4 is 11.4 Å². The van der Waals surface area contributed by atoms with Crippen LogP contribution in [0.4, 0.5) is 11.4 Å². The Morgan fingerprint density at radius 3 is 2.74 bits per heavy atom. The molecule has 102 valence electrons. The highest BCUT2D eigenvalue weighted by Crippen LogP contribution is 2.35. The van der Waals surface area contributed by atoms with Crippen LogP contribution in [0.2, 0.25) is 0 Å². The summed E-state index contributed by atoms with van der Waals surface area (Å²) >= 11 is 0. The number of nitro benzene ring substituents is 1. The third kappa shape index (κ3) is 2.29. The Morgan fingerprint density at radius 1 is 1.26 bits per heavy atom. The first-order chi connectivity index (χ1) is 9.20. The Labute approximate surface area is 111 Å². The molecule has 0 radical (unpaired) electrons. The molecule has 2 fully saturated rings. The number of benzene rings is 1. The van der Waals surface area contributed by atoms with Gasteiger partial charge in [-0.3, -0.25) is 10.1 Å². The maximum absolute atomic E-state index is 11.1. The second kappa shape index (κ2) is 4.79. The highest BCUT2D eigenvalue weighted by Gasteiger charge is 2.41. The first kappa shape index (κ1) is 12.4. The Balaban J connectivity index is 1.87. The van der Waals surface area contributed by atoms with E-state index in [1.807, 2.05) is 11.0 Å². The molecule has 0 atom stereocenters. The fraction of sp³-hybridized carbons (Fsp3) is 0.538. The van der Waals surface area contributed by atoms with Gasteiger partial charge in [-0.25, -0.2) is 0 Å². The second-order valence-electron chi connectivity index (χ2n) is 4.88. The van der Waals surface area contributed by atoms with Crippen molar-refractivity contribution in [1.29, 1.82) is 0 Å². The van der Waals surface area contributed by atoms with E-state index in [1.165, 1.54) is 6.07 Å². The maximum atomic E-state index is 11.1. The van der Waals surface area contributed by atoms with Crippen molar-refractivity contribution in [1.82, 2.24) is 0 Å². The van der Waals surface area contributed by atoms with Gasteiger partial charge in [0.05, 0.1) is 24.7 Å². The van der Waals surface area contributed by atoms with Gasteiger partial charge < -0.3 is 14.4 Å². The molecule has 0 amide bonds. The van der Waals surface area contributed by atoms with Crippen molar-refractivity contribution in [2.75, 3.05) is 31.2 Å². The molecule has 2 saturated heterocycles. The topological polar surface area (TPSA) is 64.8 Å². The highest BCUT2D eigenvalue weighted by molar-refractivity contribution is 5.63. The molecule has 0 aromatic heterocycles. The van der Waals surface area contributed by atoms with Crippen LogP contribution in [0.1, 0.15) is 12.8 Å². The van der Waals surface area contributed by atoms with Crippen molar-refractivity contribution < 1.29 is 14.4 Å². The Kier molecular flexibility index (Phi) is 3.12. The standard InChI is InChI=1S/C13H16N2O4/c16-15(17)12-5-2-1-4-11(12)14-7-3-6-13(10-14)18-8-9-19-13/h1-2,4-5H,3,6-10H2. The number of anilines is 1. The Bertz CT molecular complexity index is 485. The predicted molar refractivity (Wildman–Crippen MR) is 69.2 cm³/mol. The minimum Gasteiger partial charge on any atom is -0.361 e. The first-order valence-corrected chi connectivity index (χ1v) is 6.46. The number of rotatable bonds is 2. The van der Waals surface area contributed by atoms with Gasteiger partial charge in [-0.2, -0.15) is 0 Å². The van der Waals surface area contributed by atoms with Crippen LogP contribution in [0.3, 0.4) is 0 Å². The third-order valence-corrected chi connectivity index (χ3v) is 3.65. The Morgan fingerprint density at radius 2 is 2.00 bits per heavy atom. The third-order valence-electron chi connectivity index (χ3n) is 3.65. The quantitative estimate of drug-likeness (QED) is 0.603. The van der Waals surface area contributed by atoms with E-state index in [-0.39, 0.29) is 10.6 Å². The second-order valence-corrected chi connectivity index (χ2v) is 4.88. The number of hydrogen-bond acceptors (Lipinski definition) is 5. The molecule has 1 spiro atoms. The van der Waals surface area contributed by atoms with Crippen molar-refractivity contribution in [2.24, 2.45) is 0 Å². The summed E-state index contributed by atoms with van der Waals surface area (Å²) in [5, 5.41) is 11.1. The predicted octanol–water partition coefficient (Wildman–Crippen LogP) is 1.94. The summed E-state index contributed by atoms with van der Waals surface area (Å²) in [5.74, 6) is -0.567. The molecule has 0 saturated carbocycles. The van der Waals surface area contributed by atoms with Crippen LogP contribution in [0, 0.1) is 10.1 Å². The Hall–Kier alpha value is -1.66. The number of ether oxygens (including phenoxy) is 2. The van der Waals surface area contributed by atoms with E-state index in [0.717, 1.165) is 19.4 Å². The fourth-order valence-electron chi connectivity index (χ4n) is 2.81. The lowest BCUT2D eigenvalue weighted by Gasteiger charge is -2.39. The van der Waals surface area contributed by atoms with Crippen molar-refractivity contribution in [3.63, 3.8) is 0 Å². The van der Waals surface area contributed by atoms with Gasteiger partial charge >= 0.3 is 0 Å². The van der Waals surface area contributed by atoms with Crippen molar-refractivity contribution in [3.8, 4) is 0 Å². The highest BCUT2D eigenvalue weighted by atomic mass is 16.7. The van der Waals surface area contributed by atoms with Gasteiger partial charge in [0.25, 0.3) is 5.69 Å². The van der Waals surface area contributed by atoms with Gasteiger partial charge in [0.1, 0.15) is 5.69 Å². The van der Waals surface area contributed by atoms with E-state index < -0.39 is 5.79 Å². The van der Waals surface area contributed by atoms with Gasteiger partial charge in [0.2, 0.25) is 0 Å². The number of piperidine rings is 1. The molecule has 19 heavy (non-hydrogen) atoms. The smallest absolute Gasteiger partial charge is 0.292 e. The summed E-state index contributed by atoms with van der Waals surface area (Å²) in [6.07, 6.45) is 1.76. The molecule has 2 aliphatic heterocycles. The molecule has 6 nitrogen and oxygen atoms in total. The molecular formula is C13H16N2O4.